The minimum atomic E-state index is -4.42. The average molecular weight is 543 g/mol. The number of benzene rings is 2. The maximum Gasteiger partial charge on any atom is 0.416 e. The van der Waals surface area contributed by atoms with Gasteiger partial charge in [0.2, 0.25) is 0 Å². The minimum Gasteiger partial charge on any atom is -0.272 e. The normalized spacial score (nSPS) is 13.7. The van der Waals surface area contributed by atoms with E-state index < -0.39 is 17.6 Å². The summed E-state index contributed by atoms with van der Waals surface area (Å²) in [6, 6.07) is 13.6. The topological polar surface area (TPSA) is 76.3 Å². The molecule has 1 aliphatic carbocycles. The van der Waals surface area contributed by atoms with E-state index in [4.69, 9.17) is 4.98 Å². The van der Waals surface area contributed by atoms with Gasteiger partial charge in [-0.25, -0.2) is 10.4 Å². The molecule has 0 unspecified atom stereocenters. The number of carbonyl (C=O) groups is 1. The second-order valence-corrected chi connectivity index (χ2v) is 10.5. The highest BCUT2D eigenvalue weighted by Crippen LogP contribution is 2.35. The van der Waals surface area contributed by atoms with Crippen LogP contribution in [0.15, 0.2) is 69.6 Å². The molecule has 6 nitrogen and oxygen atoms in total. The van der Waals surface area contributed by atoms with Gasteiger partial charge in [0.25, 0.3) is 11.5 Å². The van der Waals surface area contributed by atoms with E-state index in [1.165, 1.54) is 23.2 Å². The Balaban J connectivity index is 1.35. The number of nitrogens with zero attached hydrogens (tertiary/aromatic N) is 3. The quantitative estimate of drug-likeness (QED) is 0.149. The highest BCUT2D eigenvalue weighted by Gasteiger charge is 2.29. The number of hydrogen-bond donors (Lipinski definition) is 1. The zero-order valence-corrected chi connectivity index (χ0v) is 21.1. The molecule has 1 N–H and O–H groups in total. The first-order valence-electron chi connectivity index (χ1n) is 11.6. The van der Waals surface area contributed by atoms with Gasteiger partial charge in [0.05, 0.1) is 28.6 Å². The second-order valence-electron chi connectivity index (χ2n) is 8.46. The zero-order valence-electron chi connectivity index (χ0n) is 19.4. The van der Waals surface area contributed by atoms with Gasteiger partial charge >= 0.3 is 6.18 Å². The lowest BCUT2D eigenvalue weighted by atomic mass is 9.97. The van der Waals surface area contributed by atoms with Gasteiger partial charge in [0, 0.05) is 4.88 Å². The third-order valence-corrected chi connectivity index (χ3v) is 8.07. The summed E-state index contributed by atoms with van der Waals surface area (Å²) < 4.78 is 39.6. The molecule has 0 atom stereocenters. The summed E-state index contributed by atoms with van der Waals surface area (Å²) >= 11 is 2.67. The lowest BCUT2D eigenvalue weighted by Gasteiger charge is -2.13. The predicted octanol–water partition coefficient (Wildman–Crippen LogP) is 5.59. The molecule has 2 heterocycles. The molecule has 11 heteroatoms. The molecule has 0 spiro atoms. The molecule has 0 saturated heterocycles. The number of nitrogens with one attached hydrogen (secondary N) is 1. The third-order valence-electron chi connectivity index (χ3n) is 5.95. The molecule has 0 fully saturated rings. The Morgan fingerprint density at radius 1 is 1.11 bits per heavy atom. The number of thioether (sulfide) groups is 1. The van der Waals surface area contributed by atoms with E-state index in [-0.39, 0.29) is 11.3 Å². The van der Waals surface area contributed by atoms with Crippen molar-refractivity contribution in [1.82, 2.24) is 15.0 Å². The van der Waals surface area contributed by atoms with Gasteiger partial charge in [-0.1, -0.05) is 42.1 Å². The van der Waals surface area contributed by atoms with Gasteiger partial charge in [-0.05, 0) is 61.1 Å². The maximum atomic E-state index is 13.7. The molecule has 2 aromatic heterocycles. The number of amides is 1. The Labute approximate surface area is 218 Å². The Hall–Kier alpha value is -3.44. The van der Waals surface area contributed by atoms with Crippen molar-refractivity contribution in [3.8, 4) is 5.69 Å². The Bertz CT molecular complexity index is 1530. The van der Waals surface area contributed by atoms with Crippen LogP contribution in [-0.4, -0.2) is 27.4 Å². The molecule has 190 valence electrons. The van der Waals surface area contributed by atoms with E-state index >= 15 is 0 Å². The van der Waals surface area contributed by atoms with Crippen LogP contribution in [0.1, 0.15) is 34.4 Å². The van der Waals surface area contributed by atoms with Crippen LogP contribution in [0.4, 0.5) is 13.2 Å². The van der Waals surface area contributed by atoms with Crippen LogP contribution in [-0.2, 0) is 23.8 Å². The number of fused-ring (bicyclic) bond motifs is 3. The number of hydrazone groups is 1. The Morgan fingerprint density at radius 2 is 1.84 bits per heavy atom. The number of alkyl halides is 3. The highest BCUT2D eigenvalue weighted by atomic mass is 32.2. The van der Waals surface area contributed by atoms with Gasteiger partial charge in [-0.3, -0.25) is 14.2 Å². The number of aromatic nitrogens is 2. The average Bonchev–Trinajstić information content (AvgIpc) is 3.26. The smallest absolute Gasteiger partial charge is 0.272 e. The fourth-order valence-corrected chi connectivity index (χ4v) is 6.29. The van der Waals surface area contributed by atoms with Crippen LogP contribution in [0.3, 0.4) is 0 Å². The summed E-state index contributed by atoms with van der Waals surface area (Å²) in [5, 5.41) is 4.90. The third kappa shape index (κ3) is 5.47. The van der Waals surface area contributed by atoms with E-state index in [0.717, 1.165) is 55.1 Å². The van der Waals surface area contributed by atoms with Crippen molar-refractivity contribution in [2.45, 2.75) is 37.0 Å². The molecule has 4 aromatic rings. The van der Waals surface area contributed by atoms with Gasteiger partial charge < -0.3 is 0 Å². The first kappa shape index (κ1) is 25.2. The van der Waals surface area contributed by atoms with Gasteiger partial charge in [-0.2, -0.15) is 18.3 Å². The molecule has 37 heavy (non-hydrogen) atoms. The summed E-state index contributed by atoms with van der Waals surface area (Å²) in [6.07, 6.45) is 0.814. The van der Waals surface area contributed by atoms with E-state index in [1.807, 2.05) is 30.3 Å². The number of hydrogen-bond acceptors (Lipinski definition) is 6. The molecule has 5 rings (SSSR count). The first-order valence-corrected chi connectivity index (χ1v) is 13.4. The summed E-state index contributed by atoms with van der Waals surface area (Å²) in [5.74, 6) is -0.493. The van der Waals surface area contributed by atoms with Gasteiger partial charge in [0.1, 0.15) is 4.83 Å². The van der Waals surface area contributed by atoms with Crippen LogP contribution < -0.4 is 11.0 Å². The number of halogens is 3. The minimum absolute atomic E-state index is 0.0553. The number of para-hydroxylation sites is 1. The number of thiophene rings is 1. The van der Waals surface area contributed by atoms with Crippen LogP contribution in [0, 0.1) is 0 Å². The Morgan fingerprint density at radius 3 is 2.57 bits per heavy atom. The summed E-state index contributed by atoms with van der Waals surface area (Å²) in [5.41, 5.74) is 3.65. The second kappa shape index (κ2) is 10.5. The van der Waals surface area contributed by atoms with Gasteiger partial charge in [0.15, 0.2) is 5.16 Å². The van der Waals surface area contributed by atoms with Gasteiger partial charge in [-0.15, -0.1) is 11.3 Å². The monoisotopic (exact) mass is 542 g/mol. The SMILES string of the molecule is O=C(CSc1nc2sc3c(c2c(=O)n1-c1ccccc1)CCCC3)NN=Cc1ccc(C(F)(F)F)cc1. The summed E-state index contributed by atoms with van der Waals surface area (Å²) in [6.45, 7) is 0. The molecule has 2 aromatic carbocycles. The standard InChI is InChI=1S/C26H21F3N4O2S2/c27-26(28,29)17-12-10-16(11-13-17)14-30-32-21(34)15-36-25-31-23-22(19-8-4-5-9-20(19)37-23)24(35)33(25)18-6-2-1-3-7-18/h1-3,6-7,10-14H,4-5,8-9,15H2,(H,32,34). The lowest BCUT2D eigenvalue weighted by molar-refractivity contribution is -0.137. The van der Waals surface area contributed by atoms with Crippen LogP contribution in [0.2, 0.25) is 0 Å². The maximum absolute atomic E-state index is 13.7. The molecule has 1 amide bonds. The predicted molar refractivity (Wildman–Crippen MR) is 140 cm³/mol. The fraction of sp³-hybridized carbons (Fsp3) is 0.231. The molecule has 0 radical (unpaired) electrons. The van der Waals surface area contributed by atoms with Crippen molar-refractivity contribution in [1.29, 1.82) is 0 Å². The summed E-state index contributed by atoms with van der Waals surface area (Å²) in [4.78, 5) is 32.8. The zero-order chi connectivity index (χ0) is 26.0. The van der Waals surface area contributed by atoms with Crippen molar-refractivity contribution in [3.05, 3.63) is 86.5 Å². The van der Waals surface area contributed by atoms with Crippen molar-refractivity contribution >= 4 is 45.4 Å². The van der Waals surface area contributed by atoms with Crippen molar-refractivity contribution in [3.63, 3.8) is 0 Å². The van der Waals surface area contributed by atoms with Crippen molar-refractivity contribution < 1.29 is 18.0 Å². The van der Waals surface area contributed by atoms with E-state index in [1.54, 1.807) is 15.9 Å². The van der Waals surface area contributed by atoms with E-state index in [2.05, 4.69) is 10.5 Å². The number of carbonyl (C=O) groups excluding carboxylic acids is 1. The molecule has 0 aliphatic heterocycles. The molecule has 0 saturated carbocycles. The van der Waals surface area contributed by atoms with E-state index in [0.29, 0.717) is 26.6 Å². The molecule has 1 aliphatic rings. The van der Waals surface area contributed by atoms with Crippen LogP contribution in [0.5, 0.6) is 0 Å². The lowest BCUT2D eigenvalue weighted by Crippen LogP contribution is -2.24. The first-order chi connectivity index (χ1) is 17.8. The van der Waals surface area contributed by atoms with Crippen LogP contribution >= 0.6 is 23.1 Å². The fourth-order valence-electron chi connectivity index (χ4n) is 4.19. The van der Waals surface area contributed by atoms with Crippen LogP contribution in [0.25, 0.3) is 15.9 Å². The highest BCUT2D eigenvalue weighted by molar-refractivity contribution is 7.99. The molecular weight excluding hydrogens is 521 g/mol. The molecular formula is C26H21F3N4O2S2. The number of aryl methyl sites for hydroxylation is 2. The van der Waals surface area contributed by atoms with Crippen molar-refractivity contribution in [2.75, 3.05) is 5.75 Å². The Kier molecular flexibility index (Phi) is 7.16. The molecule has 0 bridgehead atoms. The van der Waals surface area contributed by atoms with Crippen molar-refractivity contribution in [2.24, 2.45) is 5.10 Å². The summed E-state index contributed by atoms with van der Waals surface area (Å²) in [7, 11) is 0. The largest absolute Gasteiger partial charge is 0.416 e. The number of rotatable bonds is 6. The van der Waals surface area contributed by atoms with E-state index in [9.17, 15) is 22.8 Å².